The number of fused-ring (bicyclic) bond motifs is 11. The van der Waals surface area contributed by atoms with Crippen molar-refractivity contribution in [3.63, 3.8) is 0 Å². The van der Waals surface area contributed by atoms with Gasteiger partial charge in [0.2, 0.25) is 0 Å². The summed E-state index contributed by atoms with van der Waals surface area (Å²) in [4.78, 5) is 58.5. The summed E-state index contributed by atoms with van der Waals surface area (Å²) >= 11 is 0. The van der Waals surface area contributed by atoms with Gasteiger partial charge in [0.1, 0.15) is 18.0 Å². The second-order valence-corrected chi connectivity index (χ2v) is 36.4. The molecular formula is C89H187O15-. The Hall–Kier alpha value is -3.73. The lowest BCUT2D eigenvalue weighted by atomic mass is 9.58. The zero-order chi connectivity index (χ0) is 112. The molecule has 4 N–H and O–H groups in total. The first-order chi connectivity index (χ1) is 67.7. The number of rotatable bonds is 36. The van der Waals surface area contributed by atoms with Crippen molar-refractivity contribution >= 4 is 29.7 Å². The van der Waals surface area contributed by atoms with E-state index in [1.54, 1.807) is 5.57 Å². The van der Waals surface area contributed by atoms with Crippen LogP contribution in [0.4, 0.5) is 0 Å². The number of allylic oxidation sites excluding steroid dienone is 5. The number of aliphatic carboxylic acids is 2. The number of ether oxygens (including phenoxy) is 6. The highest BCUT2D eigenvalue weighted by molar-refractivity contribution is 5.83. The molecule has 0 unspecified atom stereocenters. The first kappa shape index (κ1) is 64.0. The molecule has 0 heterocycles. The lowest BCUT2D eigenvalue weighted by Crippen LogP contribution is -2.47. The fraction of sp³-hybridized carbons (Fsp3) is 0.854. The van der Waals surface area contributed by atoms with E-state index in [1.807, 2.05) is 87.5 Å². The van der Waals surface area contributed by atoms with Gasteiger partial charge in [0.25, 0.3) is 0 Å². The molecule has 104 heavy (non-hydrogen) atoms. The van der Waals surface area contributed by atoms with Crippen LogP contribution in [-0.4, -0.2) is 114 Å². The Labute approximate surface area is 688 Å². The van der Waals surface area contributed by atoms with Gasteiger partial charge < -0.3 is 50.3 Å². The van der Waals surface area contributed by atoms with Crippen molar-refractivity contribution in [2.45, 2.75) is 337 Å². The third-order valence-corrected chi connectivity index (χ3v) is 26.8. The molecule has 0 aliphatic heterocycles. The Morgan fingerprint density at radius 1 is 0.500 bits per heavy atom. The summed E-state index contributed by atoms with van der Waals surface area (Å²) in [6.45, 7) is 33.4. The van der Waals surface area contributed by atoms with E-state index in [4.69, 9.17) is 81.9 Å². The molecule has 0 radical (unpaired) electrons. The fourth-order valence-electron chi connectivity index (χ4n) is 20.3. The molecule has 12 bridgehead atoms. The van der Waals surface area contributed by atoms with Crippen molar-refractivity contribution in [2.24, 2.45) is 117 Å². The number of Topliss-reactive ketones (excluding diaryl/α,β-unsaturated/α-hetero) is 1. The first-order valence-electron chi connectivity index (χ1n) is 60.4. The van der Waals surface area contributed by atoms with E-state index in [0.29, 0.717) is 72.3 Å². The van der Waals surface area contributed by atoms with Gasteiger partial charge in [-0.15, -0.1) is 19.7 Å². The van der Waals surface area contributed by atoms with Crippen molar-refractivity contribution in [2.75, 3.05) is 26.4 Å². The molecule has 15 heteroatoms. The largest absolute Gasteiger partial charge is 1.00 e. The minimum absolute atomic E-state index is 0. The number of hydrogen-bond donors (Lipinski definition) is 4. The molecule has 16 fully saturated rings. The highest BCUT2D eigenvalue weighted by Gasteiger charge is 2.50. The number of esters is 2. The van der Waals surface area contributed by atoms with E-state index in [0.717, 1.165) is 157 Å². The van der Waals surface area contributed by atoms with Gasteiger partial charge in [0.15, 0.2) is 12.6 Å². The van der Waals surface area contributed by atoms with Crippen LogP contribution in [0.2, 0.25) is 0 Å². The van der Waals surface area contributed by atoms with Gasteiger partial charge in [-0.1, -0.05) is 71.4 Å². The molecular weight excluding hydrogens is 1310 g/mol. The standard InChI is InChI=1S/2C20H32O4.C15H28O3.C15H26O2.C12H20O.C7H10O.19H2.H/c2*1-5-6-7-8-15-14-9-13(10-14)11-17(15)24-18(21)12-16(19(22)23)20(2,3)4;1-3-17-15(18-4-2)7-5-6-13-12-8-11(9-12)10-14(13)16;1-3-16-15(17-4-2)7-5-6-13-9-8-12-10-14(13)11-12;1-2-3-4-5-11-10-6-9(7-10)8-12(11)13;8-7-2-1-5-3-6(7)4-5;;;;;;;;;;;;;;;;;;;;/h2*5,13-17H,1,6-12H2,2-4H3,(H,22,23);11-16H,3-10H2,1-2H3;9,12,14-15H,3-8,10-11H2,1-2H3;2,9-13H,1,3-8H2;5-6H,1-4H2;19*1H;/q;;;;;;;;;;;;;;;;;;;;;;;;;-1/t13?,14?,15-,16+,17-;13?,14?,15-,16-,17-;11?,12?,13-,14-;;9?,10?,11-,12-;;;;;;;;;;;;;;;;;;;;;/m011.1...................../s1/i;;;;;;18*1+1D;2*1+1. The van der Waals surface area contributed by atoms with Crippen molar-refractivity contribution in [3.8, 4) is 0 Å². The third kappa shape index (κ3) is 27.1. The normalized spacial score (nSPS) is 34.4. The van der Waals surface area contributed by atoms with Crippen molar-refractivity contribution in [1.82, 2.24) is 0 Å². The number of aliphatic hydroxyl groups excluding tert-OH is 2. The van der Waals surface area contributed by atoms with E-state index in [9.17, 15) is 44.4 Å². The first-order valence-corrected chi connectivity index (χ1v) is 42.4. The van der Waals surface area contributed by atoms with Crippen LogP contribution in [0.25, 0.3) is 0 Å². The third-order valence-electron chi connectivity index (χ3n) is 26.8. The number of carbonyl (C=O) groups is 5. The molecule has 18 aliphatic carbocycles. The average molecular weight is 1540 g/mol. The molecule has 0 aromatic carbocycles. The number of hydrogen-bond acceptors (Lipinski definition) is 13. The summed E-state index contributed by atoms with van der Waals surface area (Å²) in [5.41, 5.74) is 0.811. The number of carboxylic acid groups (broad SMARTS) is 2. The lowest BCUT2D eigenvalue weighted by Gasteiger charge is -2.50. The summed E-state index contributed by atoms with van der Waals surface area (Å²) in [5, 5.41) is 38.7. The van der Waals surface area contributed by atoms with Crippen LogP contribution in [0, 0.1) is 117 Å². The van der Waals surface area contributed by atoms with Crippen LogP contribution in [0.15, 0.2) is 49.6 Å². The van der Waals surface area contributed by atoms with E-state index >= 15 is 0 Å². The van der Waals surface area contributed by atoms with Gasteiger partial charge in [-0.25, -0.2) is 0 Å². The van der Waals surface area contributed by atoms with E-state index < -0.39 is 34.6 Å². The minimum atomic E-state index is -0.923. The minimum Gasteiger partial charge on any atom is -1.00 e. The summed E-state index contributed by atoms with van der Waals surface area (Å²) < 4.78 is 214. The van der Waals surface area contributed by atoms with Gasteiger partial charge in [0.05, 0.1) is 36.9 Å². The summed E-state index contributed by atoms with van der Waals surface area (Å²) in [5.74, 6) is 8.16. The number of unbranched alkanes of at least 4 members (excludes halogenated alkanes) is 3. The Balaban J connectivity index is -0.000000109. The predicted molar refractivity (Wildman–Crippen MR) is 454 cm³/mol. The molecule has 10 atom stereocenters. The second-order valence-electron chi connectivity index (χ2n) is 36.4. The summed E-state index contributed by atoms with van der Waals surface area (Å²) in [7, 11) is 0. The molecule has 18 aliphatic rings. The van der Waals surface area contributed by atoms with Gasteiger partial charge in [-0.2, -0.15) is 0 Å². The Morgan fingerprint density at radius 2 is 0.856 bits per heavy atom. The van der Waals surface area contributed by atoms with Gasteiger partial charge in [0, 0.05) is 93.6 Å². The van der Waals surface area contributed by atoms with E-state index in [2.05, 4.69) is 25.8 Å². The van der Waals surface area contributed by atoms with Crippen LogP contribution in [0.5, 0.6) is 0 Å². The average Bonchev–Trinajstić information content (AvgIpc) is 0.779. The smallest absolute Gasteiger partial charge is 0.307 e. The summed E-state index contributed by atoms with van der Waals surface area (Å²) in [6, 6.07) is 0. The number of carbonyl (C=O) groups excluding carboxylic acids is 3. The monoisotopic (exact) mass is 1530 g/mol. The Morgan fingerprint density at radius 3 is 1.16 bits per heavy atom. The molecule has 15 nitrogen and oxygen atoms in total. The topological polar surface area (TPSA) is 222 Å². The molecule has 0 aromatic heterocycles. The Bertz CT molecular complexity index is 2630. The van der Waals surface area contributed by atoms with Gasteiger partial charge in [-0.3, -0.25) is 24.0 Å². The molecule has 0 amide bonds. The molecule has 18 rings (SSSR count). The van der Waals surface area contributed by atoms with Crippen LogP contribution in [0.1, 0.15) is 357 Å². The predicted octanol–water partition coefficient (Wildman–Crippen LogP) is 24.7. The lowest BCUT2D eigenvalue weighted by molar-refractivity contribution is -0.169. The molecule has 0 spiro atoms. The van der Waals surface area contributed by atoms with Gasteiger partial charge >= 0.3 is 23.9 Å². The van der Waals surface area contributed by atoms with Crippen LogP contribution in [-0.2, 0) is 52.4 Å². The molecule has 634 valence electrons. The maximum atomic E-state index is 12.4. The van der Waals surface area contributed by atoms with Crippen LogP contribution < -0.4 is 0 Å². The highest BCUT2D eigenvalue weighted by Crippen LogP contribution is 2.55. The SMILES string of the molecule is C=CCCC[C@@H]1C2CC(C2)C[C@H]1O.C=CCCC[C@@H]1C2CC(C2)C[C@H]1OC(=O)C[C@H](C(=O)O)C(C)(C)C.C=CCCC[C@H]1C2CC(C2)C[C@@H]1OC(=O)C[C@H](C(=O)O)C(C)(C)C.CCOC(CCCC1=CCC2CC1C2)OCC.CCOC(CCC[C@@H]1C2CC(C2)C[C@H]1O)OCC.O=C1CCC2CC1C2.[2H-].[2HH].[2H][2H].[2H][2H].[2H][2H].[2H][2H].[2H][2H].[2H][2H].[2H][2H].[2H][2H].[2H][2H].[2H][2H].[2H][2H].[2H][2H].[2H][2H].[2H][2H].[2H][2H].[2H][2H].[2H][2H].[2H][2H]. The summed E-state index contributed by atoms with van der Waals surface area (Å²) in [6.07, 6.45) is 48.2. The van der Waals surface area contributed by atoms with E-state index in [-0.39, 0.29) is 64.6 Å². The highest BCUT2D eigenvalue weighted by atomic mass is 16.7. The Kier molecular flexibility index (Phi) is 26.8. The zero-order valence-electron chi connectivity index (χ0n) is 104. The zero-order valence-corrected chi connectivity index (χ0v) is 66.9. The molecule has 16 saturated carbocycles. The maximum Gasteiger partial charge on any atom is 0.307 e. The van der Waals surface area contributed by atoms with Crippen LogP contribution in [0.3, 0.4) is 0 Å². The number of ketones is 1. The molecule has 0 saturated heterocycles. The second kappa shape index (κ2) is 43.6. The van der Waals surface area contributed by atoms with Crippen LogP contribution >= 0.6 is 0 Å². The molecule has 0 aromatic rings. The van der Waals surface area contributed by atoms with Gasteiger partial charge in [-0.05, 0) is 339 Å². The van der Waals surface area contributed by atoms with Crippen molar-refractivity contribution in [3.05, 3.63) is 49.6 Å². The fourth-order valence-corrected chi connectivity index (χ4v) is 20.3. The van der Waals surface area contributed by atoms with Crippen molar-refractivity contribution < 1.29 is 129 Å². The maximum absolute atomic E-state index is 12.4. The number of carboxylic acids is 2. The quantitative estimate of drug-likeness (QED) is 0.0198. The van der Waals surface area contributed by atoms with E-state index in [1.165, 1.54) is 116 Å². The number of aliphatic hydroxyl groups is 2. The van der Waals surface area contributed by atoms with Crippen molar-refractivity contribution in [1.29, 1.82) is 0 Å².